The summed E-state index contributed by atoms with van der Waals surface area (Å²) in [6.45, 7) is -1.04. The van der Waals surface area contributed by atoms with Gasteiger partial charge in [-0.05, 0) is 29.8 Å². The number of hydrogen-bond donors (Lipinski definition) is 6. The second-order valence-corrected chi connectivity index (χ2v) is 9.25. The second kappa shape index (κ2) is 9.72. The number of epoxide rings is 1. The summed E-state index contributed by atoms with van der Waals surface area (Å²) in [5.41, 5.74) is -0.444. The van der Waals surface area contributed by atoms with E-state index >= 15 is 0 Å². The van der Waals surface area contributed by atoms with Crippen LogP contribution in [0.2, 0.25) is 0 Å². The van der Waals surface area contributed by atoms with E-state index < -0.39 is 85.8 Å². The Kier molecular flexibility index (Phi) is 6.78. The molecule has 0 bridgehead atoms. The number of carbonyl (C=O) groups excluding carboxylic acids is 1. The molecule has 0 radical (unpaired) electrons. The zero-order valence-corrected chi connectivity index (χ0v) is 18.9. The van der Waals surface area contributed by atoms with E-state index in [2.05, 4.69) is 0 Å². The zero-order valence-electron chi connectivity index (χ0n) is 18.9. The molecule has 0 amide bonds. The molecular weight excluding hydrogens is 480 g/mol. The van der Waals surface area contributed by atoms with E-state index in [4.69, 9.17) is 23.7 Å². The lowest BCUT2D eigenvalue weighted by atomic mass is 9.85. The van der Waals surface area contributed by atoms with Crippen LogP contribution in [0.25, 0.3) is 6.08 Å². The van der Waals surface area contributed by atoms with Crippen molar-refractivity contribution in [2.24, 2.45) is 11.8 Å². The molecule has 2 saturated heterocycles. The predicted octanol–water partition coefficient (Wildman–Crippen LogP) is -1.62. The fourth-order valence-corrected chi connectivity index (χ4v) is 5.21. The van der Waals surface area contributed by atoms with E-state index in [9.17, 15) is 35.4 Å². The Morgan fingerprint density at radius 2 is 1.81 bits per heavy atom. The molecule has 4 aliphatic rings. The van der Waals surface area contributed by atoms with Crippen molar-refractivity contribution in [3.8, 4) is 5.75 Å². The standard InChI is InChI=1S/C24H28O12/c25-9-14-17(29)18(30)19(31)23(33-14)35-22-16-13(7-8-32-22)20(21-24(16,10-26)36-21)34-15(28)6-3-11-1-4-12(27)5-2-11/h1-8,13-14,16-23,25-27,29-31H,9-10H2/t13-,14-,16-,17-,18?,19-,20+,21+,22?,23?,24-/m1/s1. The van der Waals surface area contributed by atoms with Crippen LogP contribution in [0.15, 0.2) is 42.7 Å². The lowest BCUT2D eigenvalue weighted by Crippen LogP contribution is -2.60. The molecule has 6 N–H and O–H groups in total. The van der Waals surface area contributed by atoms with E-state index in [1.54, 1.807) is 18.2 Å². The van der Waals surface area contributed by atoms with Gasteiger partial charge in [0.1, 0.15) is 48.0 Å². The molecule has 3 fully saturated rings. The largest absolute Gasteiger partial charge is 0.508 e. The fraction of sp³-hybridized carbons (Fsp3) is 0.542. The third kappa shape index (κ3) is 4.29. The molecule has 3 aliphatic heterocycles. The van der Waals surface area contributed by atoms with E-state index in [0.29, 0.717) is 5.56 Å². The highest BCUT2D eigenvalue weighted by atomic mass is 16.8. The first-order valence-electron chi connectivity index (χ1n) is 11.5. The minimum absolute atomic E-state index is 0.102. The monoisotopic (exact) mass is 508 g/mol. The van der Waals surface area contributed by atoms with Gasteiger partial charge in [0.15, 0.2) is 6.29 Å². The van der Waals surface area contributed by atoms with Crippen molar-refractivity contribution < 1.29 is 59.1 Å². The molecular formula is C24H28O12. The van der Waals surface area contributed by atoms with Crippen LogP contribution in [0.4, 0.5) is 0 Å². The number of aliphatic hydroxyl groups excluding tert-OH is 5. The average Bonchev–Trinajstić information content (AvgIpc) is 3.56. The summed E-state index contributed by atoms with van der Waals surface area (Å²) in [6, 6.07) is 6.24. The van der Waals surface area contributed by atoms with Crippen molar-refractivity contribution in [1.29, 1.82) is 0 Å². The van der Waals surface area contributed by atoms with Crippen molar-refractivity contribution in [2.45, 2.75) is 54.8 Å². The van der Waals surface area contributed by atoms with Crippen molar-refractivity contribution in [3.05, 3.63) is 48.2 Å². The second-order valence-electron chi connectivity index (χ2n) is 9.25. The molecule has 196 valence electrons. The molecule has 0 spiro atoms. The molecule has 12 nitrogen and oxygen atoms in total. The van der Waals surface area contributed by atoms with Gasteiger partial charge in [-0.1, -0.05) is 12.1 Å². The van der Waals surface area contributed by atoms with Crippen LogP contribution in [0.3, 0.4) is 0 Å². The van der Waals surface area contributed by atoms with Gasteiger partial charge in [0.2, 0.25) is 6.29 Å². The smallest absolute Gasteiger partial charge is 0.331 e. The Balaban J connectivity index is 1.30. The number of aromatic hydroxyl groups is 1. The highest BCUT2D eigenvalue weighted by Crippen LogP contribution is 2.60. The maximum absolute atomic E-state index is 12.6. The maximum Gasteiger partial charge on any atom is 0.331 e. The first-order valence-corrected chi connectivity index (χ1v) is 11.5. The van der Waals surface area contributed by atoms with Gasteiger partial charge in [-0.25, -0.2) is 4.79 Å². The Labute approximate surface area is 205 Å². The summed E-state index contributed by atoms with van der Waals surface area (Å²) in [5, 5.41) is 59.3. The predicted molar refractivity (Wildman–Crippen MR) is 118 cm³/mol. The lowest BCUT2D eigenvalue weighted by Gasteiger charge is -2.43. The SMILES string of the molecule is O=C(C=Cc1ccc(O)cc1)O[C@H]1[C@@H]2C=COC(OC3O[C@H](CO)[C@@H](O)C(O)[C@H]3O)[C@@H]2[C@@]2(CO)O[C@@H]12. The summed E-state index contributed by atoms with van der Waals surface area (Å²) >= 11 is 0. The number of phenols is 1. The van der Waals surface area contributed by atoms with Gasteiger partial charge in [-0.3, -0.25) is 0 Å². The van der Waals surface area contributed by atoms with Crippen LogP contribution in [0, 0.1) is 11.8 Å². The zero-order chi connectivity index (χ0) is 25.6. The Hall–Kier alpha value is -2.55. The van der Waals surface area contributed by atoms with Crippen LogP contribution in [0.1, 0.15) is 5.56 Å². The van der Waals surface area contributed by atoms with E-state index in [-0.39, 0.29) is 5.75 Å². The van der Waals surface area contributed by atoms with Crippen LogP contribution in [-0.4, -0.2) is 105 Å². The number of rotatable bonds is 7. The van der Waals surface area contributed by atoms with Crippen LogP contribution >= 0.6 is 0 Å². The molecule has 3 unspecified atom stereocenters. The topological polar surface area (TPSA) is 188 Å². The van der Waals surface area contributed by atoms with Gasteiger partial charge in [-0.15, -0.1) is 0 Å². The van der Waals surface area contributed by atoms with Crippen molar-refractivity contribution in [2.75, 3.05) is 13.2 Å². The number of phenolic OH excluding ortho intramolecular Hbond substituents is 1. The number of carbonyl (C=O) groups is 1. The number of esters is 1. The van der Waals surface area contributed by atoms with Gasteiger partial charge in [0.05, 0.1) is 25.4 Å². The minimum Gasteiger partial charge on any atom is -0.508 e. The number of fused-ring (bicyclic) bond motifs is 3. The number of benzene rings is 1. The first kappa shape index (κ1) is 25.1. The molecule has 3 heterocycles. The average molecular weight is 508 g/mol. The molecule has 1 aromatic carbocycles. The molecule has 1 saturated carbocycles. The molecule has 1 aliphatic carbocycles. The van der Waals surface area contributed by atoms with Crippen molar-refractivity contribution in [3.63, 3.8) is 0 Å². The van der Waals surface area contributed by atoms with Crippen molar-refractivity contribution in [1.82, 2.24) is 0 Å². The van der Waals surface area contributed by atoms with Crippen LogP contribution < -0.4 is 0 Å². The van der Waals surface area contributed by atoms with Gasteiger partial charge in [0.25, 0.3) is 0 Å². The lowest BCUT2D eigenvalue weighted by molar-refractivity contribution is -0.344. The Morgan fingerprint density at radius 3 is 2.50 bits per heavy atom. The summed E-state index contributed by atoms with van der Waals surface area (Å²) in [6.07, 6.45) is -4.18. The summed E-state index contributed by atoms with van der Waals surface area (Å²) in [7, 11) is 0. The van der Waals surface area contributed by atoms with Gasteiger partial charge in [0, 0.05) is 12.0 Å². The highest BCUT2D eigenvalue weighted by molar-refractivity contribution is 5.87. The van der Waals surface area contributed by atoms with Gasteiger partial charge >= 0.3 is 5.97 Å². The number of hydrogen-bond acceptors (Lipinski definition) is 12. The quantitative estimate of drug-likeness (QED) is 0.141. The van der Waals surface area contributed by atoms with Crippen molar-refractivity contribution >= 4 is 12.0 Å². The number of ether oxygens (including phenoxy) is 5. The maximum atomic E-state index is 12.6. The van der Waals surface area contributed by atoms with Crippen LogP contribution in [0.5, 0.6) is 5.75 Å². The third-order valence-electron chi connectivity index (χ3n) is 7.16. The minimum atomic E-state index is -1.64. The highest BCUT2D eigenvalue weighted by Gasteiger charge is 2.77. The molecule has 0 aromatic heterocycles. The number of aliphatic hydroxyl groups is 5. The fourth-order valence-electron chi connectivity index (χ4n) is 5.21. The third-order valence-corrected chi connectivity index (χ3v) is 7.16. The van der Waals surface area contributed by atoms with E-state index in [0.717, 1.165) is 0 Å². The van der Waals surface area contributed by atoms with E-state index in [1.165, 1.54) is 30.5 Å². The molecule has 5 rings (SSSR count). The summed E-state index contributed by atoms with van der Waals surface area (Å²) < 4.78 is 28.3. The molecule has 11 atom stereocenters. The Morgan fingerprint density at radius 1 is 1.06 bits per heavy atom. The van der Waals surface area contributed by atoms with Crippen LogP contribution in [-0.2, 0) is 28.5 Å². The first-order chi connectivity index (χ1) is 17.3. The molecule has 36 heavy (non-hydrogen) atoms. The normalized spacial score (nSPS) is 43.0. The van der Waals surface area contributed by atoms with Gasteiger partial charge < -0.3 is 54.3 Å². The molecule has 1 aromatic rings. The van der Waals surface area contributed by atoms with E-state index in [1.807, 2.05) is 0 Å². The molecule has 12 heteroatoms. The summed E-state index contributed by atoms with van der Waals surface area (Å²) in [4.78, 5) is 12.6. The Bertz CT molecular complexity index is 1010. The summed E-state index contributed by atoms with van der Waals surface area (Å²) in [5.74, 6) is -1.67. The van der Waals surface area contributed by atoms with Gasteiger partial charge in [-0.2, -0.15) is 0 Å².